The summed E-state index contributed by atoms with van der Waals surface area (Å²) in [5.74, 6) is -0.102. The van der Waals surface area contributed by atoms with Crippen molar-refractivity contribution in [3.8, 4) is 11.3 Å². The molecule has 0 fully saturated rings. The number of aryl methyl sites for hydroxylation is 3. The number of sulfonamides is 1. The fourth-order valence-corrected chi connectivity index (χ4v) is 4.46. The third-order valence-electron chi connectivity index (χ3n) is 6.04. The summed E-state index contributed by atoms with van der Waals surface area (Å²) in [6, 6.07) is 16.6. The second-order valence-corrected chi connectivity index (χ2v) is 10.1. The standard InChI is InChI=1S/C26H28N4O3S/c1-17-6-9-21(15-19(17)3)25-23(30-14-4-5-18(2)26(30)29-25)16-24(31)28-13-12-20-7-10-22(11-8-20)34(27,32)33/h4-11,14-15H,12-13,16H2,1-3H3,(H,28,31)(H2,27,32,33). The molecule has 0 atom stereocenters. The summed E-state index contributed by atoms with van der Waals surface area (Å²) in [5, 5.41) is 8.11. The molecule has 176 valence electrons. The lowest BCUT2D eigenvalue weighted by molar-refractivity contribution is -0.120. The molecule has 0 spiro atoms. The summed E-state index contributed by atoms with van der Waals surface area (Å²) in [6.07, 6.45) is 2.71. The predicted molar refractivity (Wildman–Crippen MR) is 133 cm³/mol. The zero-order chi connectivity index (χ0) is 24.5. The SMILES string of the molecule is Cc1ccc(-c2nc3c(C)cccn3c2CC(=O)NCCc2ccc(S(N)(=O)=O)cc2)cc1C. The molecule has 0 aliphatic rings. The van der Waals surface area contributed by atoms with E-state index >= 15 is 0 Å². The Kier molecular flexibility index (Phi) is 6.54. The van der Waals surface area contributed by atoms with Crippen LogP contribution in [0.4, 0.5) is 0 Å². The fraction of sp³-hybridized carbons (Fsp3) is 0.231. The van der Waals surface area contributed by atoms with Crippen LogP contribution < -0.4 is 10.5 Å². The first-order valence-electron chi connectivity index (χ1n) is 11.1. The number of fused-ring (bicyclic) bond motifs is 1. The monoisotopic (exact) mass is 476 g/mol. The van der Waals surface area contributed by atoms with Crippen molar-refractivity contribution in [2.75, 3.05) is 6.54 Å². The number of aromatic nitrogens is 2. The van der Waals surface area contributed by atoms with E-state index < -0.39 is 10.0 Å². The van der Waals surface area contributed by atoms with Crippen LogP contribution in [0.3, 0.4) is 0 Å². The van der Waals surface area contributed by atoms with Crippen molar-refractivity contribution in [1.82, 2.24) is 14.7 Å². The van der Waals surface area contributed by atoms with Crippen LogP contribution in [0.1, 0.15) is 27.9 Å². The average molecular weight is 477 g/mol. The molecule has 8 heteroatoms. The number of amides is 1. The lowest BCUT2D eigenvalue weighted by Gasteiger charge is -2.09. The van der Waals surface area contributed by atoms with Gasteiger partial charge in [-0.05, 0) is 73.7 Å². The van der Waals surface area contributed by atoms with E-state index in [1.165, 1.54) is 23.3 Å². The van der Waals surface area contributed by atoms with E-state index in [9.17, 15) is 13.2 Å². The molecular weight excluding hydrogens is 448 g/mol. The second-order valence-electron chi connectivity index (χ2n) is 8.56. The molecule has 0 aliphatic heterocycles. The Morgan fingerprint density at radius 3 is 2.41 bits per heavy atom. The first-order valence-corrected chi connectivity index (χ1v) is 12.6. The van der Waals surface area contributed by atoms with Gasteiger partial charge in [-0.25, -0.2) is 18.5 Å². The number of pyridine rings is 1. The quantitative estimate of drug-likeness (QED) is 0.426. The smallest absolute Gasteiger partial charge is 0.238 e. The topological polar surface area (TPSA) is 107 Å². The minimum Gasteiger partial charge on any atom is -0.355 e. The molecule has 7 nitrogen and oxygen atoms in total. The molecule has 0 aliphatic carbocycles. The van der Waals surface area contributed by atoms with Crippen LogP contribution in [0.25, 0.3) is 16.9 Å². The van der Waals surface area contributed by atoms with Gasteiger partial charge in [0.25, 0.3) is 0 Å². The Hall–Kier alpha value is -3.49. The van der Waals surface area contributed by atoms with Gasteiger partial charge in [-0.3, -0.25) is 4.79 Å². The van der Waals surface area contributed by atoms with Crippen LogP contribution >= 0.6 is 0 Å². The van der Waals surface area contributed by atoms with Crippen LogP contribution in [0.5, 0.6) is 0 Å². The maximum atomic E-state index is 12.9. The summed E-state index contributed by atoms with van der Waals surface area (Å²) in [7, 11) is -3.71. The van der Waals surface area contributed by atoms with Gasteiger partial charge in [0, 0.05) is 18.3 Å². The Morgan fingerprint density at radius 2 is 1.74 bits per heavy atom. The van der Waals surface area contributed by atoms with Crippen molar-refractivity contribution in [1.29, 1.82) is 0 Å². The fourth-order valence-electron chi connectivity index (χ4n) is 3.95. The molecule has 34 heavy (non-hydrogen) atoms. The largest absolute Gasteiger partial charge is 0.355 e. The van der Waals surface area contributed by atoms with Gasteiger partial charge in [0.2, 0.25) is 15.9 Å². The van der Waals surface area contributed by atoms with E-state index in [4.69, 9.17) is 10.1 Å². The number of nitrogens with one attached hydrogen (secondary N) is 1. The first-order chi connectivity index (χ1) is 16.1. The minimum atomic E-state index is -3.71. The van der Waals surface area contributed by atoms with E-state index in [1.807, 2.05) is 35.7 Å². The third-order valence-corrected chi connectivity index (χ3v) is 6.97. The van der Waals surface area contributed by atoms with E-state index in [0.717, 1.165) is 33.7 Å². The van der Waals surface area contributed by atoms with Crippen LogP contribution in [-0.2, 0) is 27.7 Å². The number of nitrogens with two attached hydrogens (primary N) is 1. The number of benzene rings is 2. The van der Waals surface area contributed by atoms with Crippen LogP contribution in [0.2, 0.25) is 0 Å². The van der Waals surface area contributed by atoms with E-state index in [2.05, 4.69) is 31.3 Å². The minimum absolute atomic E-state index is 0.0714. The summed E-state index contributed by atoms with van der Waals surface area (Å²) in [5.41, 5.74) is 7.83. The Bertz CT molecular complexity index is 1470. The number of imidazole rings is 1. The Morgan fingerprint density at radius 1 is 1.00 bits per heavy atom. The highest BCUT2D eigenvalue weighted by molar-refractivity contribution is 7.89. The highest BCUT2D eigenvalue weighted by Gasteiger charge is 2.18. The lowest BCUT2D eigenvalue weighted by atomic mass is 10.0. The zero-order valence-corrected chi connectivity index (χ0v) is 20.3. The van der Waals surface area contributed by atoms with E-state index in [-0.39, 0.29) is 17.2 Å². The normalized spacial score (nSPS) is 11.6. The molecule has 0 unspecified atom stereocenters. The summed E-state index contributed by atoms with van der Waals surface area (Å²) >= 11 is 0. The molecule has 0 radical (unpaired) electrons. The molecule has 4 aromatic rings. The van der Waals surface area contributed by atoms with Gasteiger partial charge >= 0.3 is 0 Å². The maximum absolute atomic E-state index is 12.9. The predicted octanol–water partition coefficient (Wildman–Crippen LogP) is 3.48. The number of carbonyl (C=O) groups is 1. The third kappa shape index (κ3) is 5.03. The molecule has 0 saturated heterocycles. The molecule has 0 bridgehead atoms. The van der Waals surface area contributed by atoms with Crippen molar-refractivity contribution in [2.45, 2.75) is 38.5 Å². The molecule has 2 aromatic heterocycles. The van der Waals surface area contributed by atoms with Gasteiger partial charge in [0.15, 0.2) is 0 Å². The van der Waals surface area contributed by atoms with E-state index in [0.29, 0.717) is 13.0 Å². The van der Waals surface area contributed by atoms with Gasteiger partial charge in [-0.15, -0.1) is 0 Å². The maximum Gasteiger partial charge on any atom is 0.238 e. The Labute approximate surface area is 199 Å². The summed E-state index contributed by atoms with van der Waals surface area (Å²) in [4.78, 5) is 17.8. The molecule has 4 rings (SSSR count). The van der Waals surface area contributed by atoms with Crippen molar-refractivity contribution < 1.29 is 13.2 Å². The first kappa shape index (κ1) is 23.7. The molecule has 0 saturated carbocycles. The number of hydrogen-bond acceptors (Lipinski definition) is 4. The van der Waals surface area contributed by atoms with Crippen molar-refractivity contribution in [3.63, 3.8) is 0 Å². The van der Waals surface area contributed by atoms with E-state index in [1.54, 1.807) is 12.1 Å². The lowest BCUT2D eigenvalue weighted by Crippen LogP contribution is -2.27. The Balaban J connectivity index is 1.52. The molecular formula is C26H28N4O3S. The highest BCUT2D eigenvalue weighted by atomic mass is 32.2. The van der Waals surface area contributed by atoms with Gasteiger partial charge < -0.3 is 9.72 Å². The highest BCUT2D eigenvalue weighted by Crippen LogP contribution is 2.28. The second kappa shape index (κ2) is 9.40. The van der Waals surface area contributed by atoms with Crippen molar-refractivity contribution in [3.05, 3.63) is 88.7 Å². The molecule has 3 N–H and O–H groups in total. The molecule has 2 aromatic carbocycles. The number of primary sulfonamides is 1. The molecule has 1 amide bonds. The summed E-state index contributed by atoms with van der Waals surface area (Å²) < 4.78 is 24.8. The van der Waals surface area contributed by atoms with Crippen LogP contribution in [-0.4, -0.2) is 30.3 Å². The van der Waals surface area contributed by atoms with Crippen molar-refractivity contribution >= 4 is 21.6 Å². The van der Waals surface area contributed by atoms with Gasteiger partial charge in [-0.2, -0.15) is 0 Å². The summed E-state index contributed by atoms with van der Waals surface area (Å²) in [6.45, 7) is 6.59. The molecule has 2 heterocycles. The number of nitrogens with zero attached hydrogens (tertiary/aromatic N) is 2. The van der Waals surface area contributed by atoms with Gasteiger partial charge in [0.05, 0.1) is 22.7 Å². The van der Waals surface area contributed by atoms with Gasteiger partial charge in [0.1, 0.15) is 5.65 Å². The average Bonchev–Trinajstić information content (AvgIpc) is 3.15. The van der Waals surface area contributed by atoms with Crippen molar-refractivity contribution in [2.24, 2.45) is 5.14 Å². The van der Waals surface area contributed by atoms with Crippen LogP contribution in [0, 0.1) is 20.8 Å². The van der Waals surface area contributed by atoms with Crippen LogP contribution in [0.15, 0.2) is 65.7 Å². The number of rotatable bonds is 7. The number of carbonyl (C=O) groups excluding carboxylic acids is 1. The zero-order valence-electron chi connectivity index (χ0n) is 19.5. The van der Waals surface area contributed by atoms with Gasteiger partial charge in [-0.1, -0.05) is 30.3 Å². The number of hydrogen-bond donors (Lipinski definition) is 2.